The summed E-state index contributed by atoms with van der Waals surface area (Å²) in [6, 6.07) is 6.65. The molecule has 1 aromatic carbocycles. The Bertz CT molecular complexity index is 536. The number of aromatic amines is 1. The molecule has 2 N–H and O–H groups in total. The molecule has 1 saturated heterocycles. The van der Waals surface area contributed by atoms with Gasteiger partial charge in [0.05, 0.1) is 0 Å². The van der Waals surface area contributed by atoms with Crippen molar-refractivity contribution in [2.45, 2.75) is 26.3 Å². The van der Waals surface area contributed by atoms with Gasteiger partial charge in [-0.2, -0.15) is 0 Å². The van der Waals surface area contributed by atoms with Gasteiger partial charge in [0.25, 0.3) is 0 Å². The van der Waals surface area contributed by atoms with Gasteiger partial charge in [0.1, 0.15) is 0 Å². The molecule has 19 heavy (non-hydrogen) atoms. The summed E-state index contributed by atoms with van der Waals surface area (Å²) in [5.74, 6) is 0. The van der Waals surface area contributed by atoms with Crippen LogP contribution in [0.15, 0.2) is 24.4 Å². The quantitative estimate of drug-likeness (QED) is 0.885. The van der Waals surface area contributed by atoms with Crippen molar-refractivity contribution in [3.05, 3.63) is 35.5 Å². The smallest absolute Gasteiger partial charge is 0.0489 e. The van der Waals surface area contributed by atoms with E-state index >= 15 is 0 Å². The van der Waals surface area contributed by atoms with E-state index in [4.69, 9.17) is 0 Å². The predicted octanol–water partition coefficient (Wildman–Crippen LogP) is 2.53. The normalized spacial score (nSPS) is 17.7. The minimum Gasteiger partial charge on any atom is -0.361 e. The summed E-state index contributed by atoms with van der Waals surface area (Å²) >= 11 is 0. The third kappa shape index (κ3) is 2.67. The Morgan fingerprint density at radius 2 is 2.11 bits per heavy atom. The number of H-pyrrole nitrogens is 1. The van der Waals surface area contributed by atoms with Crippen LogP contribution in [0, 0.1) is 0 Å². The molecule has 3 nitrogen and oxygen atoms in total. The Balaban J connectivity index is 1.84. The maximum absolute atomic E-state index is 3.47. The second-order valence-corrected chi connectivity index (χ2v) is 5.39. The molecular weight excluding hydrogens is 234 g/mol. The molecule has 0 amide bonds. The first-order chi connectivity index (χ1) is 9.38. The summed E-state index contributed by atoms with van der Waals surface area (Å²) < 4.78 is 0. The second-order valence-electron chi connectivity index (χ2n) is 5.39. The molecular formula is C16H23N3. The molecule has 0 radical (unpaired) electrons. The van der Waals surface area contributed by atoms with Gasteiger partial charge in [-0.1, -0.05) is 25.1 Å². The van der Waals surface area contributed by atoms with E-state index in [0.717, 1.165) is 32.6 Å². The van der Waals surface area contributed by atoms with Crippen molar-refractivity contribution in [1.82, 2.24) is 15.2 Å². The zero-order valence-electron chi connectivity index (χ0n) is 11.7. The van der Waals surface area contributed by atoms with Crippen LogP contribution in [0.25, 0.3) is 10.9 Å². The summed E-state index contributed by atoms with van der Waals surface area (Å²) in [5.41, 5.74) is 4.18. The molecule has 0 unspecified atom stereocenters. The number of aromatic nitrogens is 1. The first-order valence-electron chi connectivity index (χ1n) is 7.39. The van der Waals surface area contributed by atoms with Crippen LogP contribution in [0.3, 0.4) is 0 Å². The first-order valence-corrected chi connectivity index (χ1v) is 7.39. The highest BCUT2D eigenvalue weighted by Crippen LogP contribution is 2.23. The number of hydrogen-bond acceptors (Lipinski definition) is 2. The fourth-order valence-electron chi connectivity index (χ4n) is 3.00. The maximum Gasteiger partial charge on any atom is 0.0489 e. The molecule has 0 aliphatic carbocycles. The number of nitrogens with one attached hydrogen (secondary N) is 2. The number of rotatable bonds is 3. The topological polar surface area (TPSA) is 31.1 Å². The maximum atomic E-state index is 3.47. The molecule has 0 saturated carbocycles. The summed E-state index contributed by atoms with van der Waals surface area (Å²) in [6.45, 7) is 7.91. The number of nitrogens with zero attached hydrogens (tertiary/aromatic N) is 1. The van der Waals surface area contributed by atoms with Gasteiger partial charge >= 0.3 is 0 Å². The van der Waals surface area contributed by atoms with Gasteiger partial charge in [0.15, 0.2) is 0 Å². The number of para-hydroxylation sites is 1. The molecule has 2 aromatic rings. The number of hydrogen-bond donors (Lipinski definition) is 2. The Labute approximate surface area is 115 Å². The summed E-state index contributed by atoms with van der Waals surface area (Å²) in [4.78, 5) is 6.03. The lowest BCUT2D eigenvalue weighted by molar-refractivity contribution is 0.285. The third-order valence-corrected chi connectivity index (χ3v) is 4.09. The average Bonchev–Trinajstić information content (AvgIpc) is 2.68. The van der Waals surface area contributed by atoms with Crippen LogP contribution in [0.4, 0.5) is 0 Å². The highest BCUT2D eigenvalue weighted by molar-refractivity contribution is 5.86. The second kappa shape index (κ2) is 5.76. The molecule has 0 spiro atoms. The van der Waals surface area contributed by atoms with E-state index < -0.39 is 0 Å². The average molecular weight is 257 g/mol. The van der Waals surface area contributed by atoms with Gasteiger partial charge in [-0.15, -0.1) is 0 Å². The molecule has 1 aliphatic heterocycles. The van der Waals surface area contributed by atoms with Gasteiger partial charge in [-0.3, -0.25) is 4.90 Å². The highest BCUT2D eigenvalue weighted by Gasteiger charge is 2.12. The first kappa shape index (κ1) is 12.7. The summed E-state index contributed by atoms with van der Waals surface area (Å²) in [5, 5.41) is 4.86. The van der Waals surface area contributed by atoms with Crippen LogP contribution >= 0.6 is 0 Å². The van der Waals surface area contributed by atoms with E-state index in [1.54, 1.807) is 0 Å². The molecule has 1 aromatic heterocycles. The van der Waals surface area contributed by atoms with Crippen molar-refractivity contribution in [2.24, 2.45) is 0 Å². The molecule has 0 atom stereocenters. The van der Waals surface area contributed by atoms with E-state index in [2.05, 4.69) is 46.5 Å². The van der Waals surface area contributed by atoms with E-state index in [-0.39, 0.29) is 0 Å². The van der Waals surface area contributed by atoms with Crippen LogP contribution in [-0.4, -0.2) is 36.1 Å². The van der Waals surface area contributed by atoms with Crippen molar-refractivity contribution < 1.29 is 0 Å². The summed E-state index contributed by atoms with van der Waals surface area (Å²) in [6.07, 6.45) is 4.54. The van der Waals surface area contributed by atoms with E-state index in [1.165, 1.54) is 35.0 Å². The molecule has 102 valence electrons. The van der Waals surface area contributed by atoms with Gasteiger partial charge < -0.3 is 10.3 Å². The SMILES string of the molecule is CCc1cccc2c(CN3CCCNCC3)c[nH]c12. The zero-order valence-corrected chi connectivity index (χ0v) is 11.7. The van der Waals surface area contributed by atoms with Crippen LogP contribution in [0.1, 0.15) is 24.5 Å². The lowest BCUT2D eigenvalue weighted by Crippen LogP contribution is -2.27. The fourth-order valence-corrected chi connectivity index (χ4v) is 3.00. The zero-order chi connectivity index (χ0) is 13.1. The van der Waals surface area contributed by atoms with E-state index in [1.807, 2.05) is 0 Å². The van der Waals surface area contributed by atoms with Gasteiger partial charge in [0, 0.05) is 36.7 Å². The van der Waals surface area contributed by atoms with Crippen LogP contribution in [0.2, 0.25) is 0 Å². The molecule has 1 aliphatic rings. The van der Waals surface area contributed by atoms with E-state index in [0.29, 0.717) is 0 Å². The van der Waals surface area contributed by atoms with Crippen LogP contribution < -0.4 is 5.32 Å². The fraction of sp³-hybridized carbons (Fsp3) is 0.500. The van der Waals surface area contributed by atoms with Crippen molar-refractivity contribution in [2.75, 3.05) is 26.2 Å². The minimum atomic E-state index is 1.06. The lowest BCUT2D eigenvalue weighted by Gasteiger charge is -2.18. The molecule has 3 rings (SSSR count). The van der Waals surface area contributed by atoms with Crippen molar-refractivity contribution >= 4 is 10.9 Å². The van der Waals surface area contributed by atoms with Crippen LogP contribution in [-0.2, 0) is 13.0 Å². The van der Waals surface area contributed by atoms with Crippen molar-refractivity contribution in [3.63, 3.8) is 0 Å². The Kier molecular flexibility index (Phi) is 3.85. The Hall–Kier alpha value is -1.32. The molecule has 2 heterocycles. The van der Waals surface area contributed by atoms with Gasteiger partial charge in [0.2, 0.25) is 0 Å². The minimum absolute atomic E-state index is 1.06. The molecule has 3 heteroatoms. The molecule has 0 bridgehead atoms. The largest absolute Gasteiger partial charge is 0.361 e. The molecule has 1 fully saturated rings. The summed E-state index contributed by atoms with van der Waals surface area (Å²) in [7, 11) is 0. The van der Waals surface area contributed by atoms with Crippen molar-refractivity contribution in [3.8, 4) is 0 Å². The number of fused-ring (bicyclic) bond motifs is 1. The Morgan fingerprint density at radius 3 is 3.00 bits per heavy atom. The third-order valence-electron chi connectivity index (χ3n) is 4.09. The van der Waals surface area contributed by atoms with E-state index in [9.17, 15) is 0 Å². The number of aryl methyl sites for hydroxylation is 1. The highest BCUT2D eigenvalue weighted by atomic mass is 15.1. The number of benzene rings is 1. The van der Waals surface area contributed by atoms with Gasteiger partial charge in [-0.05, 0) is 37.1 Å². The monoisotopic (exact) mass is 257 g/mol. The van der Waals surface area contributed by atoms with Crippen molar-refractivity contribution in [1.29, 1.82) is 0 Å². The predicted molar refractivity (Wildman–Crippen MR) is 80.4 cm³/mol. The van der Waals surface area contributed by atoms with Gasteiger partial charge in [-0.25, -0.2) is 0 Å². The Morgan fingerprint density at radius 1 is 1.16 bits per heavy atom. The lowest BCUT2D eigenvalue weighted by atomic mass is 10.1. The van der Waals surface area contributed by atoms with Crippen LogP contribution in [0.5, 0.6) is 0 Å². The standard InChI is InChI=1S/C16H23N3/c1-2-13-5-3-6-15-14(11-18-16(13)15)12-19-9-4-7-17-8-10-19/h3,5-6,11,17-18H,2,4,7-10,12H2,1H3.